The van der Waals surface area contributed by atoms with E-state index in [2.05, 4.69) is 9.08 Å². The van der Waals surface area contributed by atoms with Crippen LogP contribution >= 0.6 is 0 Å². The van der Waals surface area contributed by atoms with Gasteiger partial charge in [-0.1, -0.05) is 6.07 Å². The van der Waals surface area contributed by atoms with E-state index in [1.54, 1.807) is 19.2 Å². The van der Waals surface area contributed by atoms with Crippen molar-refractivity contribution in [3.05, 3.63) is 24.0 Å². The fraction of sp³-hybridized carbons (Fsp3) is 0.571. The highest BCUT2D eigenvalue weighted by Crippen LogP contribution is 2.29. The predicted octanol–water partition coefficient (Wildman–Crippen LogP) is 0.932. The molecule has 0 bridgehead atoms. The van der Waals surface area contributed by atoms with Crippen LogP contribution in [0.15, 0.2) is 18.2 Å². The SMILES string of the molecule is COCCN1CCN(c2cccc(OS(C)(=O)=O)c2F)CC1. The molecule has 0 atom stereocenters. The van der Waals surface area contributed by atoms with Crippen LogP contribution in [0.1, 0.15) is 0 Å². The van der Waals surface area contributed by atoms with Gasteiger partial charge in [-0.3, -0.25) is 4.90 Å². The Labute approximate surface area is 130 Å². The Balaban J connectivity index is 2.06. The lowest BCUT2D eigenvalue weighted by atomic mass is 10.2. The van der Waals surface area contributed by atoms with Crippen LogP contribution in [0.3, 0.4) is 0 Å². The van der Waals surface area contributed by atoms with Gasteiger partial charge in [-0.05, 0) is 12.1 Å². The van der Waals surface area contributed by atoms with Crippen LogP contribution in [0, 0.1) is 5.82 Å². The first-order chi connectivity index (χ1) is 10.4. The van der Waals surface area contributed by atoms with Gasteiger partial charge in [0.05, 0.1) is 18.6 Å². The Morgan fingerprint density at radius 3 is 2.50 bits per heavy atom. The van der Waals surface area contributed by atoms with E-state index in [9.17, 15) is 12.8 Å². The molecule has 0 N–H and O–H groups in total. The normalized spacial score (nSPS) is 16.8. The van der Waals surface area contributed by atoms with Gasteiger partial charge in [0.1, 0.15) is 0 Å². The lowest BCUT2D eigenvalue weighted by Crippen LogP contribution is -2.47. The fourth-order valence-electron chi connectivity index (χ4n) is 2.40. The van der Waals surface area contributed by atoms with E-state index < -0.39 is 15.9 Å². The van der Waals surface area contributed by atoms with Gasteiger partial charge >= 0.3 is 10.1 Å². The van der Waals surface area contributed by atoms with E-state index in [0.29, 0.717) is 25.4 Å². The van der Waals surface area contributed by atoms with E-state index >= 15 is 0 Å². The summed E-state index contributed by atoms with van der Waals surface area (Å²) in [6, 6.07) is 4.54. The van der Waals surface area contributed by atoms with Gasteiger partial charge in [0, 0.05) is 39.8 Å². The van der Waals surface area contributed by atoms with Gasteiger partial charge in [-0.2, -0.15) is 8.42 Å². The molecule has 22 heavy (non-hydrogen) atoms. The summed E-state index contributed by atoms with van der Waals surface area (Å²) >= 11 is 0. The lowest BCUT2D eigenvalue weighted by Gasteiger charge is -2.36. The Bertz CT molecular complexity index is 601. The van der Waals surface area contributed by atoms with Gasteiger partial charge in [-0.15, -0.1) is 0 Å². The van der Waals surface area contributed by atoms with Crippen molar-refractivity contribution in [2.24, 2.45) is 0 Å². The molecule has 1 aliphatic heterocycles. The summed E-state index contributed by atoms with van der Waals surface area (Å²) in [5, 5.41) is 0. The summed E-state index contributed by atoms with van der Waals surface area (Å²) < 4.78 is 46.5. The molecular formula is C14H21FN2O4S. The van der Waals surface area contributed by atoms with Crippen LogP contribution in [0.5, 0.6) is 5.75 Å². The monoisotopic (exact) mass is 332 g/mol. The van der Waals surface area contributed by atoms with Crippen molar-refractivity contribution in [1.82, 2.24) is 4.90 Å². The summed E-state index contributed by atoms with van der Waals surface area (Å²) in [5.74, 6) is -0.903. The number of hydrogen-bond donors (Lipinski definition) is 0. The second-order valence-corrected chi connectivity index (χ2v) is 6.77. The van der Waals surface area contributed by atoms with Crippen LogP contribution in [0.4, 0.5) is 10.1 Å². The highest BCUT2D eigenvalue weighted by molar-refractivity contribution is 7.86. The van der Waals surface area contributed by atoms with E-state index in [-0.39, 0.29) is 5.75 Å². The third-order valence-corrected chi connectivity index (χ3v) is 3.99. The maximum absolute atomic E-state index is 14.4. The minimum atomic E-state index is -3.75. The predicted molar refractivity (Wildman–Crippen MR) is 82.4 cm³/mol. The number of rotatable bonds is 6. The van der Waals surface area contributed by atoms with Gasteiger partial charge in [-0.25, -0.2) is 4.39 Å². The minimum absolute atomic E-state index is 0.262. The lowest BCUT2D eigenvalue weighted by molar-refractivity contribution is 0.144. The molecule has 0 radical (unpaired) electrons. The smallest absolute Gasteiger partial charge is 0.306 e. The molecule has 0 unspecified atom stereocenters. The highest BCUT2D eigenvalue weighted by atomic mass is 32.2. The molecular weight excluding hydrogens is 311 g/mol. The van der Waals surface area contributed by atoms with Crippen molar-refractivity contribution < 1.29 is 21.7 Å². The quantitative estimate of drug-likeness (QED) is 0.723. The van der Waals surface area contributed by atoms with Crippen molar-refractivity contribution in [1.29, 1.82) is 0 Å². The number of methoxy groups -OCH3 is 1. The van der Waals surface area contributed by atoms with Gasteiger partial charge in [0.15, 0.2) is 11.6 Å². The molecule has 0 aromatic heterocycles. The van der Waals surface area contributed by atoms with E-state index in [1.807, 2.05) is 4.90 Å². The summed E-state index contributed by atoms with van der Waals surface area (Å²) in [6.07, 6.45) is 0.897. The first kappa shape index (κ1) is 17.0. The van der Waals surface area contributed by atoms with Crippen LogP contribution < -0.4 is 9.08 Å². The molecule has 0 saturated carbocycles. The molecule has 1 aromatic carbocycles. The number of ether oxygens (including phenoxy) is 1. The van der Waals surface area contributed by atoms with Crippen LogP contribution in [0.2, 0.25) is 0 Å². The summed E-state index contributed by atoms with van der Waals surface area (Å²) in [6.45, 7) is 4.47. The van der Waals surface area contributed by atoms with E-state index in [1.165, 1.54) is 6.07 Å². The first-order valence-electron chi connectivity index (χ1n) is 7.05. The summed E-state index contributed by atoms with van der Waals surface area (Å²) in [7, 11) is -2.08. The van der Waals surface area contributed by atoms with Crippen molar-refractivity contribution in [3.63, 3.8) is 0 Å². The number of halogens is 1. The maximum Gasteiger partial charge on any atom is 0.306 e. The Hall–Kier alpha value is -1.38. The topological polar surface area (TPSA) is 59.1 Å². The zero-order valence-electron chi connectivity index (χ0n) is 12.8. The minimum Gasteiger partial charge on any atom is -0.383 e. The first-order valence-corrected chi connectivity index (χ1v) is 8.86. The van der Waals surface area contributed by atoms with Crippen molar-refractivity contribution in [3.8, 4) is 5.75 Å². The van der Waals surface area contributed by atoms with Gasteiger partial charge in [0.25, 0.3) is 0 Å². The molecule has 8 heteroatoms. The molecule has 1 aliphatic rings. The Morgan fingerprint density at radius 1 is 1.23 bits per heavy atom. The van der Waals surface area contributed by atoms with Gasteiger partial charge in [0.2, 0.25) is 0 Å². The second-order valence-electron chi connectivity index (χ2n) is 5.20. The van der Waals surface area contributed by atoms with Crippen molar-refractivity contribution in [2.45, 2.75) is 0 Å². The molecule has 1 heterocycles. The molecule has 6 nitrogen and oxygen atoms in total. The van der Waals surface area contributed by atoms with E-state index in [4.69, 9.17) is 4.74 Å². The number of hydrogen-bond acceptors (Lipinski definition) is 6. The van der Waals surface area contributed by atoms with Crippen LogP contribution in [0.25, 0.3) is 0 Å². The average molecular weight is 332 g/mol. The third kappa shape index (κ3) is 4.56. The van der Waals surface area contributed by atoms with Crippen molar-refractivity contribution in [2.75, 3.05) is 57.6 Å². The fourth-order valence-corrected chi connectivity index (χ4v) is 2.86. The van der Waals surface area contributed by atoms with Crippen LogP contribution in [-0.4, -0.2) is 66.0 Å². The molecule has 2 rings (SSSR count). The molecule has 1 aromatic rings. The largest absolute Gasteiger partial charge is 0.383 e. The van der Waals surface area contributed by atoms with Gasteiger partial charge < -0.3 is 13.8 Å². The number of benzene rings is 1. The Kier molecular flexibility index (Phi) is 5.60. The molecule has 1 saturated heterocycles. The molecule has 124 valence electrons. The second kappa shape index (κ2) is 7.26. The van der Waals surface area contributed by atoms with E-state index in [0.717, 1.165) is 25.9 Å². The standard InChI is InChI=1S/C14H21FN2O4S/c1-20-11-10-16-6-8-17(9-7-16)12-4-3-5-13(14(12)15)21-22(2,18)19/h3-5H,6-11H2,1-2H3. The Morgan fingerprint density at radius 2 is 1.91 bits per heavy atom. The number of anilines is 1. The van der Waals surface area contributed by atoms with Crippen molar-refractivity contribution >= 4 is 15.8 Å². The number of nitrogens with zero attached hydrogens (tertiary/aromatic N) is 2. The highest BCUT2D eigenvalue weighted by Gasteiger charge is 2.22. The molecule has 1 fully saturated rings. The third-order valence-electron chi connectivity index (χ3n) is 3.51. The zero-order valence-corrected chi connectivity index (χ0v) is 13.6. The molecule has 0 amide bonds. The summed E-state index contributed by atoms with van der Waals surface area (Å²) in [5.41, 5.74) is 0.368. The zero-order chi connectivity index (χ0) is 16.2. The van der Waals surface area contributed by atoms with Crippen LogP contribution in [-0.2, 0) is 14.9 Å². The molecule has 0 spiro atoms. The maximum atomic E-state index is 14.4. The summed E-state index contributed by atoms with van der Waals surface area (Å²) in [4.78, 5) is 4.14. The number of piperazine rings is 1. The average Bonchev–Trinajstić information content (AvgIpc) is 2.47. The molecule has 0 aliphatic carbocycles.